The smallest absolute Gasteiger partial charge is 0.147 e. The molecule has 3 aromatic rings. The summed E-state index contributed by atoms with van der Waals surface area (Å²) in [6.07, 6.45) is 6.61. The molecule has 2 heterocycles. The first-order chi connectivity index (χ1) is 15.1. The third kappa shape index (κ3) is 5.33. The zero-order valence-corrected chi connectivity index (χ0v) is 18.9. The first-order valence-corrected chi connectivity index (χ1v) is 11.9. The molecule has 31 heavy (non-hydrogen) atoms. The summed E-state index contributed by atoms with van der Waals surface area (Å²) in [5.41, 5.74) is 1.85. The molecule has 1 unspecified atom stereocenters. The topological polar surface area (TPSA) is 67.8 Å². The normalized spacial score (nSPS) is 20.1. The number of aryl methyl sites for hydroxylation is 1. The maximum absolute atomic E-state index is 13.0. The average Bonchev–Trinajstić information content (AvgIpc) is 3.23. The molecule has 1 aliphatic carbocycles. The zero-order valence-electron chi connectivity index (χ0n) is 18.1. The quantitative estimate of drug-likeness (QED) is 0.530. The minimum absolute atomic E-state index is 0.0620. The van der Waals surface area contributed by atoms with E-state index in [-0.39, 0.29) is 24.4 Å². The summed E-state index contributed by atoms with van der Waals surface area (Å²) in [7, 11) is 0. The van der Waals surface area contributed by atoms with Crippen LogP contribution in [0.2, 0.25) is 0 Å². The third-order valence-corrected chi connectivity index (χ3v) is 7.13. The number of rotatable bonds is 8. The van der Waals surface area contributed by atoms with Crippen molar-refractivity contribution in [1.82, 2.24) is 20.5 Å². The highest BCUT2D eigenvalue weighted by atomic mass is 32.1. The van der Waals surface area contributed by atoms with Crippen LogP contribution in [0.15, 0.2) is 30.5 Å². The number of pyridine rings is 1. The highest BCUT2D eigenvalue weighted by molar-refractivity contribution is 7.14. The van der Waals surface area contributed by atoms with Crippen LogP contribution in [0.4, 0.5) is 4.39 Å². The molecule has 0 saturated heterocycles. The van der Waals surface area contributed by atoms with Crippen LogP contribution in [0.3, 0.4) is 0 Å². The highest BCUT2D eigenvalue weighted by Crippen LogP contribution is 2.29. The first-order valence-electron chi connectivity index (χ1n) is 11.1. The number of carbonyl (C=O) groups is 1. The van der Waals surface area contributed by atoms with Crippen molar-refractivity contribution in [2.45, 2.75) is 64.5 Å². The maximum atomic E-state index is 13.0. The summed E-state index contributed by atoms with van der Waals surface area (Å²) in [6.45, 7) is 3.62. The van der Waals surface area contributed by atoms with Crippen LogP contribution in [0, 0.1) is 12.8 Å². The summed E-state index contributed by atoms with van der Waals surface area (Å²) in [5.74, 6) is 0.343. The van der Waals surface area contributed by atoms with Crippen molar-refractivity contribution >= 4 is 27.9 Å². The van der Waals surface area contributed by atoms with E-state index in [1.165, 1.54) is 0 Å². The van der Waals surface area contributed by atoms with Gasteiger partial charge in [0.05, 0.1) is 0 Å². The van der Waals surface area contributed by atoms with Gasteiger partial charge in [-0.05, 0) is 56.5 Å². The number of nitrogens with zero attached hydrogens (tertiary/aromatic N) is 3. The fourth-order valence-electron chi connectivity index (χ4n) is 4.34. The summed E-state index contributed by atoms with van der Waals surface area (Å²) >= 11 is 1.57. The number of halogens is 1. The number of nitrogens with one attached hydrogen (secondary N) is 1. The molecule has 1 fully saturated rings. The van der Waals surface area contributed by atoms with Gasteiger partial charge in [0.2, 0.25) is 0 Å². The Hall–Kier alpha value is -2.25. The highest BCUT2D eigenvalue weighted by Gasteiger charge is 2.27. The second-order valence-corrected chi connectivity index (χ2v) is 9.66. The Morgan fingerprint density at radius 2 is 2.00 bits per heavy atom. The Morgan fingerprint density at radius 3 is 2.68 bits per heavy atom. The van der Waals surface area contributed by atoms with E-state index in [4.69, 9.17) is 0 Å². The Balaban J connectivity index is 1.39. The molecule has 1 N–H and O–H groups in total. The van der Waals surface area contributed by atoms with Gasteiger partial charge in [-0.25, -0.2) is 4.39 Å². The molecule has 1 atom stereocenters. The molecular weight excluding hydrogens is 411 g/mol. The Kier molecular flexibility index (Phi) is 7.02. The number of carbonyl (C=O) groups excluding carboxylic acids is 1. The molecule has 0 aliphatic heterocycles. The fourth-order valence-corrected chi connectivity index (χ4v) is 5.03. The summed E-state index contributed by atoms with van der Waals surface area (Å²) in [4.78, 5) is 17.4. The Bertz CT molecular complexity index is 1040. The van der Waals surface area contributed by atoms with E-state index in [0.717, 1.165) is 64.1 Å². The molecule has 4 rings (SSSR count). The van der Waals surface area contributed by atoms with Crippen molar-refractivity contribution in [2.24, 2.45) is 5.92 Å². The summed E-state index contributed by atoms with van der Waals surface area (Å²) in [5, 5.41) is 15.7. The van der Waals surface area contributed by atoms with Gasteiger partial charge >= 0.3 is 0 Å². The number of Topliss-reactive ketones (excluding diaryl/α,β-unsaturated/α-hetero) is 1. The number of aromatic nitrogens is 3. The van der Waals surface area contributed by atoms with E-state index in [2.05, 4.69) is 26.6 Å². The molecule has 164 valence electrons. The molecule has 0 bridgehead atoms. The standard InChI is InChI=1S/C24H29FN4OS/c1-3-20(13-25)27-21-8-6-16(7-9-21)23(30)12-22-11-19-10-17(4-5-18(19)14-26-22)24-29-28-15(2)31-24/h4-5,10-11,14,16,20-21,27H,3,6-9,12-13H2,1-2H3. The van der Waals surface area contributed by atoms with E-state index >= 15 is 0 Å². The van der Waals surface area contributed by atoms with Crippen molar-refractivity contribution in [1.29, 1.82) is 0 Å². The van der Waals surface area contributed by atoms with Gasteiger partial charge < -0.3 is 5.32 Å². The molecule has 0 spiro atoms. The van der Waals surface area contributed by atoms with E-state index < -0.39 is 0 Å². The zero-order chi connectivity index (χ0) is 21.8. The lowest BCUT2D eigenvalue weighted by Gasteiger charge is -2.30. The molecule has 7 heteroatoms. The minimum Gasteiger partial charge on any atom is -0.309 e. The maximum Gasteiger partial charge on any atom is 0.147 e. The fraction of sp³-hybridized carbons (Fsp3) is 0.500. The van der Waals surface area contributed by atoms with Gasteiger partial charge in [-0.15, -0.1) is 10.2 Å². The molecule has 1 aliphatic rings. The van der Waals surface area contributed by atoms with E-state index in [1.54, 1.807) is 11.3 Å². The lowest BCUT2D eigenvalue weighted by atomic mass is 9.82. The van der Waals surface area contributed by atoms with Crippen molar-refractivity contribution in [3.8, 4) is 10.6 Å². The SMILES string of the molecule is CCC(CF)NC1CCC(C(=O)Cc2cc3cc(-c4nnc(C)s4)ccc3cn2)CC1. The molecule has 5 nitrogen and oxygen atoms in total. The van der Waals surface area contributed by atoms with Gasteiger partial charge in [-0.1, -0.05) is 30.4 Å². The minimum atomic E-state index is -0.330. The number of hydrogen-bond donors (Lipinski definition) is 1. The van der Waals surface area contributed by atoms with Crippen LogP contribution in [0.1, 0.15) is 49.7 Å². The van der Waals surface area contributed by atoms with E-state index in [0.29, 0.717) is 12.5 Å². The van der Waals surface area contributed by atoms with Gasteiger partial charge in [0.15, 0.2) is 0 Å². The largest absolute Gasteiger partial charge is 0.309 e. The van der Waals surface area contributed by atoms with Crippen LogP contribution in [0.25, 0.3) is 21.3 Å². The van der Waals surface area contributed by atoms with Crippen LogP contribution in [0.5, 0.6) is 0 Å². The molecular formula is C24H29FN4OS. The Labute approximate surface area is 186 Å². The molecule has 1 saturated carbocycles. The van der Waals surface area contributed by atoms with Crippen LogP contribution < -0.4 is 5.32 Å². The number of alkyl halides is 1. The molecule has 0 radical (unpaired) electrons. The summed E-state index contributed by atoms with van der Waals surface area (Å²) in [6, 6.07) is 8.45. The van der Waals surface area contributed by atoms with Gasteiger partial charge in [0, 0.05) is 47.3 Å². The van der Waals surface area contributed by atoms with Gasteiger partial charge in [-0.3, -0.25) is 9.78 Å². The Morgan fingerprint density at radius 1 is 1.19 bits per heavy atom. The van der Waals surface area contributed by atoms with Crippen LogP contribution in [-0.2, 0) is 11.2 Å². The summed E-state index contributed by atoms with van der Waals surface area (Å²) < 4.78 is 13.0. The number of fused-ring (bicyclic) bond motifs is 1. The predicted molar refractivity (Wildman–Crippen MR) is 123 cm³/mol. The predicted octanol–water partition coefficient (Wildman–Crippen LogP) is 5.07. The number of benzene rings is 1. The van der Waals surface area contributed by atoms with Gasteiger partial charge in [0.1, 0.15) is 22.5 Å². The van der Waals surface area contributed by atoms with Gasteiger partial charge in [-0.2, -0.15) is 0 Å². The average molecular weight is 441 g/mol. The lowest BCUT2D eigenvalue weighted by Crippen LogP contribution is -2.42. The van der Waals surface area contributed by atoms with E-state index in [9.17, 15) is 9.18 Å². The molecule has 2 aromatic heterocycles. The lowest BCUT2D eigenvalue weighted by molar-refractivity contribution is -0.123. The van der Waals surface area contributed by atoms with Crippen molar-refractivity contribution in [3.05, 3.63) is 41.2 Å². The monoisotopic (exact) mass is 440 g/mol. The number of ketones is 1. The second-order valence-electron chi connectivity index (χ2n) is 8.48. The van der Waals surface area contributed by atoms with Crippen molar-refractivity contribution in [2.75, 3.05) is 6.67 Å². The van der Waals surface area contributed by atoms with Crippen LogP contribution >= 0.6 is 11.3 Å². The molecule has 0 amide bonds. The first kappa shape index (κ1) is 22.0. The van der Waals surface area contributed by atoms with Crippen LogP contribution in [-0.4, -0.2) is 39.7 Å². The third-order valence-electron chi connectivity index (χ3n) is 6.24. The van der Waals surface area contributed by atoms with Crippen molar-refractivity contribution < 1.29 is 9.18 Å². The van der Waals surface area contributed by atoms with Crippen molar-refractivity contribution in [3.63, 3.8) is 0 Å². The second kappa shape index (κ2) is 9.92. The van der Waals surface area contributed by atoms with Gasteiger partial charge in [0.25, 0.3) is 0 Å². The number of hydrogen-bond acceptors (Lipinski definition) is 6. The molecule has 1 aromatic carbocycles. The van der Waals surface area contributed by atoms with E-state index in [1.807, 2.05) is 38.2 Å².